The fourth-order valence-electron chi connectivity index (χ4n) is 2.02. The molecule has 5 heteroatoms. The third-order valence-corrected chi connectivity index (χ3v) is 2.95. The Morgan fingerprint density at radius 1 is 1.39 bits per heavy atom. The molecular weight excluding hydrogens is 230 g/mol. The highest BCUT2D eigenvalue weighted by atomic mass is 16.5. The summed E-state index contributed by atoms with van der Waals surface area (Å²) in [6.45, 7) is 2.73. The summed E-state index contributed by atoms with van der Waals surface area (Å²) in [6, 6.07) is 7.84. The molecular formula is C13H17N3O2. The molecule has 0 spiro atoms. The lowest BCUT2D eigenvalue weighted by Crippen LogP contribution is -2.25. The summed E-state index contributed by atoms with van der Waals surface area (Å²) in [7, 11) is 3.12. The third-order valence-electron chi connectivity index (χ3n) is 2.95. The standard InChI is InChI=1S/C13H17N3O2/c1-9-8-16(13(14)18-3)15-12(9)10-6-4-5-7-11(10)17-2/h4-7,9,14H,8H2,1-3H3. The van der Waals surface area contributed by atoms with E-state index >= 15 is 0 Å². The number of hydrogen-bond donors (Lipinski definition) is 1. The number of benzene rings is 1. The van der Waals surface area contributed by atoms with Crippen molar-refractivity contribution in [3.05, 3.63) is 29.8 Å². The van der Waals surface area contributed by atoms with Crippen LogP contribution in [0.2, 0.25) is 0 Å². The number of para-hydroxylation sites is 1. The summed E-state index contributed by atoms with van der Waals surface area (Å²) in [5.41, 5.74) is 1.90. The van der Waals surface area contributed by atoms with Crippen LogP contribution < -0.4 is 4.74 Å². The van der Waals surface area contributed by atoms with Gasteiger partial charge in [-0.1, -0.05) is 19.1 Å². The minimum Gasteiger partial charge on any atom is -0.496 e. The van der Waals surface area contributed by atoms with Crippen molar-refractivity contribution < 1.29 is 9.47 Å². The van der Waals surface area contributed by atoms with Crippen molar-refractivity contribution in [3.8, 4) is 5.75 Å². The van der Waals surface area contributed by atoms with Gasteiger partial charge in [0.05, 0.1) is 26.5 Å². The molecule has 0 saturated heterocycles. The van der Waals surface area contributed by atoms with E-state index < -0.39 is 0 Å². The quantitative estimate of drug-likeness (QED) is 0.641. The molecule has 0 bridgehead atoms. The molecule has 0 fully saturated rings. The molecule has 1 atom stereocenters. The number of ether oxygens (including phenoxy) is 2. The van der Waals surface area contributed by atoms with E-state index in [1.54, 1.807) is 12.1 Å². The monoisotopic (exact) mass is 247 g/mol. The lowest BCUT2D eigenvalue weighted by atomic mass is 9.99. The summed E-state index contributed by atoms with van der Waals surface area (Å²) >= 11 is 0. The molecule has 1 aromatic carbocycles. The van der Waals surface area contributed by atoms with Crippen LogP contribution in [0.25, 0.3) is 0 Å². The van der Waals surface area contributed by atoms with Crippen LogP contribution in [0, 0.1) is 11.3 Å². The van der Waals surface area contributed by atoms with E-state index in [9.17, 15) is 0 Å². The first-order valence-corrected chi connectivity index (χ1v) is 5.79. The Morgan fingerprint density at radius 2 is 2.11 bits per heavy atom. The van der Waals surface area contributed by atoms with Gasteiger partial charge < -0.3 is 9.47 Å². The average Bonchev–Trinajstić information content (AvgIpc) is 2.79. The Morgan fingerprint density at radius 3 is 2.78 bits per heavy atom. The van der Waals surface area contributed by atoms with Gasteiger partial charge in [-0.2, -0.15) is 5.10 Å². The van der Waals surface area contributed by atoms with E-state index in [2.05, 4.69) is 12.0 Å². The highest BCUT2D eigenvalue weighted by Gasteiger charge is 2.28. The fourth-order valence-corrected chi connectivity index (χ4v) is 2.02. The number of hydrogen-bond acceptors (Lipinski definition) is 4. The Labute approximate surface area is 107 Å². The molecule has 0 amide bonds. The highest BCUT2D eigenvalue weighted by molar-refractivity contribution is 6.05. The number of hydrazone groups is 1. The van der Waals surface area contributed by atoms with E-state index in [0.717, 1.165) is 17.0 Å². The normalized spacial score (nSPS) is 18.5. The van der Waals surface area contributed by atoms with Crippen molar-refractivity contribution in [1.82, 2.24) is 5.01 Å². The molecule has 2 rings (SSSR count). The molecule has 0 aromatic heterocycles. The van der Waals surface area contributed by atoms with Crippen molar-refractivity contribution in [2.75, 3.05) is 20.8 Å². The van der Waals surface area contributed by atoms with Crippen molar-refractivity contribution in [3.63, 3.8) is 0 Å². The molecule has 0 radical (unpaired) electrons. The maximum Gasteiger partial charge on any atom is 0.305 e. The Hall–Kier alpha value is -2.04. The van der Waals surface area contributed by atoms with E-state index in [-0.39, 0.29) is 11.9 Å². The zero-order chi connectivity index (χ0) is 13.1. The van der Waals surface area contributed by atoms with E-state index in [0.29, 0.717) is 6.54 Å². The second kappa shape index (κ2) is 5.08. The van der Waals surface area contributed by atoms with Crippen LogP contribution in [-0.2, 0) is 4.74 Å². The van der Waals surface area contributed by atoms with Gasteiger partial charge in [0.1, 0.15) is 5.75 Å². The second-order valence-electron chi connectivity index (χ2n) is 4.18. The smallest absolute Gasteiger partial charge is 0.305 e. The van der Waals surface area contributed by atoms with Gasteiger partial charge in [0.15, 0.2) is 0 Å². The SMILES string of the molecule is COC(=N)N1CC(C)C(c2ccccc2OC)=N1. The zero-order valence-corrected chi connectivity index (χ0v) is 10.8. The molecule has 1 aromatic rings. The average molecular weight is 247 g/mol. The molecule has 1 heterocycles. The van der Waals surface area contributed by atoms with Gasteiger partial charge in [-0.3, -0.25) is 0 Å². The number of nitrogens with zero attached hydrogens (tertiary/aromatic N) is 2. The van der Waals surface area contributed by atoms with Crippen molar-refractivity contribution in [1.29, 1.82) is 5.41 Å². The highest BCUT2D eigenvalue weighted by Crippen LogP contribution is 2.26. The second-order valence-corrected chi connectivity index (χ2v) is 4.18. The molecule has 1 N–H and O–H groups in total. The van der Waals surface area contributed by atoms with Crippen LogP contribution in [0.3, 0.4) is 0 Å². The molecule has 1 aliphatic heterocycles. The fraction of sp³-hybridized carbons (Fsp3) is 0.385. The summed E-state index contributed by atoms with van der Waals surface area (Å²) in [6.07, 6.45) is 0. The summed E-state index contributed by atoms with van der Waals surface area (Å²) in [4.78, 5) is 0. The lowest BCUT2D eigenvalue weighted by Gasteiger charge is -2.12. The first kappa shape index (κ1) is 12.4. The number of nitrogens with one attached hydrogen (secondary N) is 1. The van der Waals surface area contributed by atoms with Crippen LogP contribution in [-0.4, -0.2) is 37.5 Å². The zero-order valence-electron chi connectivity index (χ0n) is 10.8. The van der Waals surface area contributed by atoms with Crippen molar-refractivity contribution in [2.24, 2.45) is 11.0 Å². The largest absolute Gasteiger partial charge is 0.496 e. The van der Waals surface area contributed by atoms with Crippen LogP contribution in [0.4, 0.5) is 0 Å². The minimum atomic E-state index is 0.0618. The van der Waals surface area contributed by atoms with Crippen LogP contribution in [0.5, 0.6) is 5.75 Å². The predicted molar refractivity (Wildman–Crippen MR) is 70.1 cm³/mol. The maximum atomic E-state index is 7.64. The van der Waals surface area contributed by atoms with Crippen molar-refractivity contribution in [2.45, 2.75) is 6.92 Å². The van der Waals surface area contributed by atoms with Gasteiger partial charge in [-0.15, -0.1) is 0 Å². The molecule has 0 saturated carbocycles. The predicted octanol–water partition coefficient (Wildman–Crippen LogP) is 1.93. The Bertz CT molecular complexity index is 485. The molecule has 0 aliphatic carbocycles. The van der Waals surface area contributed by atoms with Crippen LogP contribution >= 0.6 is 0 Å². The molecule has 1 aliphatic rings. The van der Waals surface area contributed by atoms with Gasteiger partial charge in [0.2, 0.25) is 0 Å². The third kappa shape index (κ3) is 2.16. The molecule has 5 nitrogen and oxygen atoms in total. The van der Waals surface area contributed by atoms with E-state index in [4.69, 9.17) is 14.9 Å². The van der Waals surface area contributed by atoms with E-state index in [1.807, 2.05) is 24.3 Å². The number of methoxy groups -OCH3 is 2. The summed E-state index contributed by atoms with van der Waals surface area (Å²) < 4.78 is 10.2. The topological polar surface area (TPSA) is 57.9 Å². The van der Waals surface area contributed by atoms with Crippen molar-refractivity contribution >= 4 is 11.7 Å². The molecule has 18 heavy (non-hydrogen) atoms. The first-order valence-electron chi connectivity index (χ1n) is 5.79. The Kier molecular flexibility index (Phi) is 3.50. The summed E-state index contributed by atoms with van der Waals surface area (Å²) in [5.74, 6) is 1.03. The van der Waals surface area contributed by atoms with E-state index in [1.165, 1.54) is 7.11 Å². The van der Waals surface area contributed by atoms with Gasteiger partial charge in [0, 0.05) is 11.5 Å². The summed E-state index contributed by atoms with van der Waals surface area (Å²) in [5, 5.41) is 13.6. The van der Waals surface area contributed by atoms with Crippen LogP contribution in [0.1, 0.15) is 12.5 Å². The van der Waals surface area contributed by atoms with Gasteiger partial charge in [0.25, 0.3) is 0 Å². The van der Waals surface area contributed by atoms with Gasteiger partial charge in [-0.05, 0) is 12.1 Å². The van der Waals surface area contributed by atoms with Crippen LogP contribution in [0.15, 0.2) is 29.4 Å². The number of amidine groups is 1. The number of rotatable bonds is 2. The molecule has 96 valence electrons. The minimum absolute atomic E-state index is 0.0618. The maximum absolute atomic E-state index is 7.64. The Balaban J connectivity index is 2.35. The lowest BCUT2D eigenvalue weighted by molar-refractivity contribution is 0.289. The molecule has 1 unspecified atom stereocenters. The van der Waals surface area contributed by atoms with Gasteiger partial charge in [-0.25, -0.2) is 10.4 Å². The first-order chi connectivity index (χ1) is 8.67. The van der Waals surface area contributed by atoms with Gasteiger partial charge >= 0.3 is 6.02 Å².